The number of hydrogen-bond acceptors (Lipinski definition) is 4. The fourth-order valence-electron chi connectivity index (χ4n) is 5.67. The Morgan fingerprint density at radius 2 is 2.20 bits per heavy atom. The third kappa shape index (κ3) is 2.49. The van der Waals surface area contributed by atoms with Crippen molar-refractivity contribution in [3.05, 3.63) is 23.3 Å². The number of benzene rings is 1. The summed E-state index contributed by atoms with van der Waals surface area (Å²) in [5.74, 6) is 2.56. The topological polar surface area (TPSA) is 58.6 Å². The normalized spacial score (nSPS) is 32.6. The number of phenolic OH excluding ortho intramolecular Hbond substituents is 1. The lowest BCUT2D eigenvalue weighted by molar-refractivity contribution is -0.108. The molecule has 136 valence electrons. The first-order chi connectivity index (χ1) is 12.2. The predicted octanol–water partition coefficient (Wildman–Crippen LogP) is 3.51. The fraction of sp³-hybridized carbons (Fsp3) is 0.667. The first kappa shape index (κ1) is 16.9. The van der Waals surface area contributed by atoms with Crippen LogP contribution in [0.25, 0.3) is 0 Å². The second kappa shape index (κ2) is 6.31. The molecule has 4 heteroatoms. The van der Waals surface area contributed by atoms with E-state index in [0.29, 0.717) is 35.8 Å². The van der Waals surface area contributed by atoms with Crippen molar-refractivity contribution in [1.82, 2.24) is 5.32 Å². The van der Waals surface area contributed by atoms with Crippen molar-refractivity contribution >= 4 is 6.29 Å². The van der Waals surface area contributed by atoms with Crippen molar-refractivity contribution in [2.75, 3.05) is 13.7 Å². The van der Waals surface area contributed by atoms with Crippen molar-refractivity contribution in [3.63, 3.8) is 0 Å². The first-order valence-electron chi connectivity index (χ1n) is 9.73. The third-order valence-corrected chi connectivity index (χ3v) is 7.02. The van der Waals surface area contributed by atoms with Crippen LogP contribution in [0, 0.1) is 11.8 Å². The van der Waals surface area contributed by atoms with Crippen LogP contribution in [0.1, 0.15) is 62.5 Å². The Bertz CT molecular complexity index is 669. The summed E-state index contributed by atoms with van der Waals surface area (Å²) in [7, 11) is 1.61. The zero-order valence-electron chi connectivity index (χ0n) is 15.3. The van der Waals surface area contributed by atoms with Gasteiger partial charge < -0.3 is 20.0 Å². The summed E-state index contributed by atoms with van der Waals surface area (Å²) in [6.07, 6.45) is 7.29. The van der Waals surface area contributed by atoms with Crippen LogP contribution in [-0.4, -0.2) is 31.1 Å². The van der Waals surface area contributed by atoms with Crippen LogP contribution in [0.3, 0.4) is 0 Å². The molecule has 4 nitrogen and oxygen atoms in total. The molecule has 2 N–H and O–H groups in total. The Balaban J connectivity index is 1.75. The minimum Gasteiger partial charge on any atom is -0.504 e. The predicted molar refractivity (Wildman–Crippen MR) is 97.3 cm³/mol. The number of hydrogen-bond donors (Lipinski definition) is 2. The summed E-state index contributed by atoms with van der Waals surface area (Å²) >= 11 is 0. The number of rotatable bonds is 8. The molecule has 4 rings (SSSR count). The average Bonchev–Trinajstić information content (AvgIpc) is 3.32. The van der Waals surface area contributed by atoms with Crippen LogP contribution < -0.4 is 10.1 Å². The number of aromatic hydroxyl groups is 1. The summed E-state index contributed by atoms with van der Waals surface area (Å²) in [4.78, 5) is 11.1. The molecule has 3 aliphatic carbocycles. The fourth-order valence-corrected chi connectivity index (χ4v) is 5.67. The largest absolute Gasteiger partial charge is 0.504 e. The molecule has 0 spiro atoms. The maximum absolute atomic E-state index is 11.1. The third-order valence-electron chi connectivity index (χ3n) is 7.02. The second-order valence-electron chi connectivity index (χ2n) is 8.13. The highest BCUT2D eigenvalue weighted by atomic mass is 16.5. The minimum absolute atomic E-state index is 0.0388. The van der Waals surface area contributed by atoms with Gasteiger partial charge in [0.05, 0.1) is 7.11 Å². The lowest BCUT2D eigenvalue weighted by Crippen LogP contribution is -2.45. The van der Waals surface area contributed by atoms with Gasteiger partial charge in [-0.3, -0.25) is 0 Å². The molecular weight excluding hydrogens is 314 g/mol. The molecule has 0 saturated heterocycles. The van der Waals surface area contributed by atoms with E-state index in [1.807, 2.05) is 6.07 Å². The van der Waals surface area contributed by atoms with E-state index >= 15 is 0 Å². The zero-order chi connectivity index (χ0) is 17.6. The second-order valence-corrected chi connectivity index (χ2v) is 8.13. The number of carbonyl (C=O) groups is 1. The molecule has 2 saturated carbocycles. The van der Waals surface area contributed by atoms with E-state index in [9.17, 15) is 9.90 Å². The lowest BCUT2D eigenvalue weighted by atomic mass is 9.66. The van der Waals surface area contributed by atoms with E-state index in [0.717, 1.165) is 43.6 Å². The molecular formula is C21H29NO3. The van der Waals surface area contributed by atoms with Crippen LogP contribution in [0.2, 0.25) is 0 Å². The summed E-state index contributed by atoms with van der Waals surface area (Å²) in [6, 6.07) is 4.47. The van der Waals surface area contributed by atoms with Gasteiger partial charge >= 0.3 is 0 Å². The van der Waals surface area contributed by atoms with Gasteiger partial charge in [0.1, 0.15) is 6.29 Å². The maximum atomic E-state index is 11.1. The average molecular weight is 343 g/mol. The Morgan fingerprint density at radius 1 is 1.40 bits per heavy atom. The minimum atomic E-state index is -0.0388. The molecule has 1 aromatic rings. The highest BCUT2D eigenvalue weighted by Crippen LogP contribution is 2.65. The van der Waals surface area contributed by atoms with E-state index in [1.54, 1.807) is 7.11 Å². The standard InChI is InChI=1S/C21H29NO3/c1-3-21-11-15(14-8-9-17(25-2)20(24)18(14)21)19(16(21)5-4-10-23)22-12-13-6-7-13/h8-10,13,15-16,19,22,24H,3-7,11-12H2,1-2H3/t15?,16?,19?,21-/m0/s1. The van der Waals surface area contributed by atoms with Gasteiger partial charge in [-0.15, -0.1) is 0 Å². The highest BCUT2D eigenvalue weighted by Gasteiger charge is 2.60. The first-order valence-corrected chi connectivity index (χ1v) is 9.73. The van der Waals surface area contributed by atoms with Crippen LogP contribution in [0.5, 0.6) is 11.5 Å². The monoisotopic (exact) mass is 343 g/mol. The number of aldehydes is 1. The number of carbonyl (C=O) groups excluding carboxylic acids is 1. The van der Waals surface area contributed by atoms with E-state index < -0.39 is 0 Å². The van der Waals surface area contributed by atoms with Crippen molar-refractivity contribution in [2.45, 2.75) is 62.8 Å². The molecule has 25 heavy (non-hydrogen) atoms. The number of methoxy groups -OCH3 is 1. The van der Waals surface area contributed by atoms with Crippen molar-refractivity contribution in [1.29, 1.82) is 0 Å². The van der Waals surface area contributed by atoms with Gasteiger partial charge in [-0.05, 0) is 62.1 Å². The summed E-state index contributed by atoms with van der Waals surface area (Å²) in [5.41, 5.74) is 2.35. The van der Waals surface area contributed by atoms with Crippen LogP contribution in [0.4, 0.5) is 0 Å². The molecule has 2 bridgehead atoms. The van der Waals surface area contributed by atoms with E-state index in [1.165, 1.54) is 18.4 Å². The number of fused-ring (bicyclic) bond motifs is 5. The molecule has 2 fully saturated rings. The van der Waals surface area contributed by atoms with E-state index in [-0.39, 0.29) is 5.41 Å². The van der Waals surface area contributed by atoms with E-state index in [4.69, 9.17) is 4.74 Å². The number of ether oxygens (including phenoxy) is 1. The molecule has 0 heterocycles. The van der Waals surface area contributed by atoms with Crippen LogP contribution >= 0.6 is 0 Å². The Hall–Kier alpha value is -1.55. The lowest BCUT2D eigenvalue weighted by Gasteiger charge is -2.41. The van der Waals surface area contributed by atoms with Gasteiger partial charge in [-0.1, -0.05) is 13.0 Å². The summed E-state index contributed by atoms with van der Waals surface area (Å²) in [6.45, 7) is 3.32. The molecule has 1 aromatic carbocycles. The SMILES string of the molecule is CC[C@@]12CC(c3ccc(OC)c(O)c31)C(NCC1CC1)C2CCC=O. The molecule has 4 atom stereocenters. The Morgan fingerprint density at radius 3 is 2.84 bits per heavy atom. The van der Waals surface area contributed by atoms with Crippen LogP contribution in [-0.2, 0) is 10.2 Å². The molecule has 0 aliphatic heterocycles. The molecule has 0 radical (unpaired) electrons. The van der Waals surface area contributed by atoms with Crippen molar-refractivity contribution in [3.8, 4) is 11.5 Å². The number of phenols is 1. The quantitative estimate of drug-likeness (QED) is 0.709. The molecule has 3 aliphatic rings. The van der Waals surface area contributed by atoms with Gasteiger partial charge in [-0.25, -0.2) is 0 Å². The molecule has 0 amide bonds. The molecule has 0 aromatic heterocycles. The van der Waals surface area contributed by atoms with Gasteiger partial charge in [0.15, 0.2) is 11.5 Å². The van der Waals surface area contributed by atoms with Crippen LogP contribution in [0.15, 0.2) is 12.1 Å². The zero-order valence-corrected chi connectivity index (χ0v) is 15.3. The smallest absolute Gasteiger partial charge is 0.161 e. The van der Waals surface area contributed by atoms with Gasteiger partial charge in [-0.2, -0.15) is 0 Å². The van der Waals surface area contributed by atoms with Gasteiger partial charge in [0, 0.05) is 29.4 Å². The van der Waals surface area contributed by atoms with Gasteiger partial charge in [0.2, 0.25) is 0 Å². The van der Waals surface area contributed by atoms with Gasteiger partial charge in [0.25, 0.3) is 0 Å². The maximum Gasteiger partial charge on any atom is 0.161 e. The highest BCUT2D eigenvalue weighted by molar-refractivity contribution is 5.61. The Labute approximate surface area is 150 Å². The van der Waals surface area contributed by atoms with Crippen molar-refractivity contribution in [2.24, 2.45) is 11.8 Å². The summed E-state index contributed by atoms with van der Waals surface area (Å²) < 4.78 is 5.38. The molecule has 3 unspecified atom stereocenters. The van der Waals surface area contributed by atoms with E-state index in [2.05, 4.69) is 18.3 Å². The Kier molecular flexibility index (Phi) is 4.27. The number of nitrogens with one attached hydrogen (secondary N) is 1. The van der Waals surface area contributed by atoms with Crippen molar-refractivity contribution < 1.29 is 14.6 Å². The summed E-state index contributed by atoms with van der Waals surface area (Å²) in [5, 5.41) is 14.7.